The molecule has 0 saturated heterocycles. The first kappa shape index (κ1) is 20.9. The van der Waals surface area contributed by atoms with Crippen LogP contribution in [0.2, 0.25) is 0 Å². The number of fused-ring (bicyclic) bond motifs is 2. The van der Waals surface area contributed by atoms with Gasteiger partial charge in [0, 0.05) is 17.7 Å². The summed E-state index contributed by atoms with van der Waals surface area (Å²) in [6, 6.07) is 9.31. The monoisotopic (exact) mass is 442 g/mol. The van der Waals surface area contributed by atoms with E-state index in [1.807, 2.05) is 31.2 Å². The molecule has 3 aromatic rings. The average molecular weight is 442 g/mol. The van der Waals surface area contributed by atoms with Gasteiger partial charge in [0.05, 0.1) is 30.9 Å². The van der Waals surface area contributed by atoms with Crippen molar-refractivity contribution < 1.29 is 28.5 Å². The van der Waals surface area contributed by atoms with Crippen molar-refractivity contribution in [2.45, 2.75) is 19.9 Å². The zero-order valence-corrected chi connectivity index (χ0v) is 18.3. The van der Waals surface area contributed by atoms with Gasteiger partial charge in [-0.05, 0) is 13.0 Å². The van der Waals surface area contributed by atoms with Crippen LogP contribution in [0.4, 0.5) is 0 Å². The van der Waals surface area contributed by atoms with Crippen LogP contribution in [0.5, 0.6) is 17.2 Å². The first-order valence-corrected chi connectivity index (χ1v) is 10.5. The first-order valence-electron chi connectivity index (χ1n) is 9.69. The molecule has 0 unspecified atom stereocenters. The maximum absolute atomic E-state index is 12.8. The van der Waals surface area contributed by atoms with Gasteiger partial charge in [0.15, 0.2) is 16.3 Å². The Morgan fingerprint density at radius 1 is 1.13 bits per heavy atom. The molecular formula is C22H22N2O6S. The number of aromatic nitrogens is 1. The molecule has 0 N–H and O–H groups in total. The molecule has 1 aromatic heterocycles. The molecule has 1 aliphatic heterocycles. The van der Waals surface area contributed by atoms with Crippen molar-refractivity contribution in [3.05, 3.63) is 46.3 Å². The van der Waals surface area contributed by atoms with E-state index in [0.717, 1.165) is 21.3 Å². The van der Waals surface area contributed by atoms with Gasteiger partial charge in [0.1, 0.15) is 25.5 Å². The van der Waals surface area contributed by atoms with Crippen LogP contribution < -0.4 is 19.0 Å². The lowest BCUT2D eigenvalue weighted by Gasteiger charge is -2.18. The number of carbonyl (C=O) groups is 2. The lowest BCUT2D eigenvalue weighted by Crippen LogP contribution is -2.23. The molecule has 0 saturated carbocycles. The number of amides is 1. The summed E-state index contributed by atoms with van der Waals surface area (Å²) in [4.78, 5) is 29.5. The fourth-order valence-corrected chi connectivity index (χ4v) is 4.45. The second-order valence-electron chi connectivity index (χ2n) is 7.01. The van der Waals surface area contributed by atoms with Crippen LogP contribution in [-0.4, -0.2) is 43.9 Å². The van der Waals surface area contributed by atoms with Gasteiger partial charge >= 0.3 is 5.97 Å². The van der Waals surface area contributed by atoms with Gasteiger partial charge < -0.3 is 23.5 Å². The van der Waals surface area contributed by atoms with E-state index in [9.17, 15) is 9.59 Å². The smallest absolute Gasteiger partial charge is 0.325 e. The van der Waals surface area contributed by atoms with Gasteiger partial charge in [-0.3, -0.25) is 9.59 Å². The highest BCUT2D eigenvalue weighted by Gasteiger charge is 2.18. The van der Waals surface area contributed by atoms with Crippen LogP contribution in [0.1, 0.15) is 11.1 Å². The fraction of sp³-hybridized carbons (Fsp3) is 0.318. The van der Waals surface area contributed by atoms with E-state index >= 15 is 0 Å². The topological polar surface area (TPSA) is 88.4 Å². The molecule has 0 radical (unpaired) electrons. The van der Waals surface area contributed by atoms with E-state index in [-0.39, 0.29) is 18.9 Å². The normalized spacial score (nSPS) is 13.3. The molecule has 0 atom stereocenters. The van der Waals surface area contributed by atoms with Crippen LogP contribution >= 0.6 is 11.3 Å². The highest BCUT2D eigenvalue weighted by molar-refractivity contribution is 7.16. The van der Waals surface area contributed by atoms with E-state index in [2.05, 4.69) is 4.99 Å². The Hall–Kier alpha value is -3.33. The molecule has 9 heteroatoms. The number of esters is 1. The zero-order valence-electron chi connectivity index (χ0n) is 17.5. The summed E-state index contributed by atoms with van der Waals surface area (Å²) in [5.74, 6) is 1.08. The van der Waals surface area contributed by atoms with Gasteiger partial charge in [-0.15, -0.1) is 0 Å². The van der Waals surface area contributed by atoms with Crippen LogP contribution in [0.3, 0.4) is 0 Å². The number of benzene rings is 2. The van der Waals surface area contributed by atoms with Crippen LogP contribution in [0.15, 0.2) is 35.3 Å². The van der Waals surface area contributed by atoms with E-state index in [0.29, 0.717) is 35.3 Å². The number of methoxy groups -OCH3 is 2. The van der Waals surface area contributed by atoms with Gasteiger partial charge in [-0.25, -0.2) is 0 Å². The lowest BCUT2D eigenvalue weighted by atomic mass is 10.1. The second kappa shape index (κ2) is 8.81. The summed E-state index contributed by atoms with van der Waals surface area (Å²) in [7, 11) is 2.89. The average Bonchev–Trinajstić information content (AvgIpc) is 3.07. The fourth-order valence-electron chi connectivity index (χ4n) is 3.39. The molecule has 0 aliphatic carbocycles. The molecule has 31 heavy (non-hydrogen) atoms. The summed E-state index contributed by atoms with van der Waals surface area (Å²) < 4.78 is 24.0. The Bertz CT molecular complexity index is 1230. The van der Waals surface area contributed by atoms with Gasteiger partial charge in [-0.1, -0.05) is 29.0 Å². The Labute approximate surface area is 182 Å². The molecule has 162 valence electrons. The van der Waals surface area contributed by atoms with Gasteiger partial charge in [-0.2, -0.15) is 4.99 Å². The minimum atomic E-state index is -0.441. The third-order valence-corrected chi connectivity index (χ3v) is 5.90. The van der Waals surface area contributed by atoms with Gasteiger partial charge in [0.2, 0.25) is 0 Å². The third kappa shape index (κ3) is 4.41. The molecule has 0 spiro atoms. The van der Waals surface area contributed by atoms with E-state index in [1.54, 1.807) is 17.7 Å². The maximum atomic E-state index is 12.8. The molecule has 0 fully saturated rings. The predicted octanol–water partition coefficient (Wildman–Crippen LogP) is 2.63. The number of rotatable bonds is 5. The first-order chi connectivity index (χ1) is 15.0. The summed E-state index contributed by atoms with van der Waals surface area (Å²) >= 11 is 1.30. The number of ether oxygens (including phenoxy) is 4. The predicted molar refractivity (Wildman–Crippen MR) is 115 cm³/mol. The van der Waals surface area contributed by atoms with Gasteiger partial charge in [0.25, 0.3) is 5.91 Å². The van der Waals surface area contributed by atoms with Crippen molar-refractivity contribution in [3.63, 3.8) is 0 Å². The number of carbonyl (C=O) groups excluding carboxylic acids is 2. The molecule has 8 nitrogen and oxygen atoms in total. The molecule has 4 rings (SSSR count). The summed E-state index contributed by atoms with van der Waals surface area (Å²) in [6.07, 6.45) is 0.0834. The minimum absolute atomic E-state index is 0.0734. The minimum Gasteiger partial charge on any atom is -0.496 e. The van der Waals surface area contributed by atoms with Crippen LogP contribution in [0, 0.1) is 6.92 Å². The summed E-state index contributed by atoms with van der Waals surface area (Å²) in [6.45, 7) is 2.80. The number of aryl methyl sites for hydroxylation is 1. The number of thiazole rings is 1. The standard InChI is InChI=1S/C22H22N2O6S/c1-13-4-5-16(27-2)14(8-13)9-20(25)23-22-24(12-21(26)28-3)15-10-17-18(11-19(15)31-22)30-7-6-29-17/h4-5,8,10-11H,6-7,9,12H2,1-3H3. The Morgan fingerprint density at radius 2 is 1.87 bits per heavy atom. The SMILES string of the molecule is COC(=O)Cn1c(=NC(=O)Cc2cc(C)ccc2OC)sc2cc3c(cc21)OCCO3. The molecule has 1 aliphatic rings. The van der Waals surface area contributed by atoms with Crippen molar-refractivity contribution in [2.75, 3.05) is 27.4 Å². The van der Waals surface area contributed by atoms with Crippen molar-refractivity contribution >= 4 is 33.4 Å². The van der Waals surface area contributed by atoms with Crippen LogP contribution in [0.25, 0.3) is 10.2 Å². The highest BCUT2D eigenvalue weighted by Crippen LogP contribution is 2.35. The second-order valence-corrected chi connectivity index (χ2v) is 8.02. The van der Waals surface area contributed by atoms with Crippen molar-refractivity contribution in [1.82, 2.24) is 4.57 Å². The number of hydrogen-bond donors (Lipinski definition) is 0. The maximum Gasteiger partial charge on any atom is 0.325 e. The molecule has 2 aromatic carbocycles. The van der Waals surface area contributed by atoms with Crippen molar-refractivity contribution in [3.8, 4) is 17.2 Å². The Morgan fingerprint density at radius 3 is 2.58 bits per heavy atom. The Balaban J connectivity index is 1.77. The van der Waals surface area contributed by atoms with E-state index in [4.69, 9.17) is 18.9 Å². The molecule has 1 amide bonds. The lowest BCUT2D eigenvalue weighted by molar-refractivity contribution is -0.141. The van der Waals surface area contributed by atoms with Crippen LogP contribution in [-0.2, 0) is 27.3 Å². The van der Waals surface area contributed by atoms with E-state index < -0.39 is 5.97 Å². The molecular weight excluding hydrogens is 420 g/mol. The number of nitrogens with zero attached hydrogens (tertiary/aromatic N) is 2. The molecule has 0 bridgehead atoms. The highest BCUT2D eigenvalue weighted by atomic mass is 32.1. The zero-order chi connectivity index (χ0) is 22.0. The largest absolute Gasteiger partial charge is 0.496 e. The van der Waals surface area contributed by atoms with Crippen molar-refractivity contribution in [1.29, 1.82) is 0 Å². The third-order valence-electron chi connectivity index (χ3n) is 4.86. The van der Waals surface area contributed by atoms with E-state index in [1.165, 1.54) is 18.4 Å². The number of hydrogen-bond acceptors (Lipinski definition) is 7. The van der Waals surface area contributed by atoms with Crippen molar-refractivity contribution in [2.24, 2.45) is 4.99 Å². The molecule has 2 heterocycles. The quantitative estimate of drug-likeness (QED) is 0.565. The Kier molecular flexibility index (Phi) is 5.94. The summed E-state index contributed by atoms with van der Waals surface area (Å²) in [5, 5.41) is 0. The summed E-state index contributed by atoms with van der Waals surface area (Å²) in [5.41, 5.74) is 2.50.